The number of aromatic amines is 1. The molecule has 2 unspecified atom stereocenters. The van der Waals surface area contributed by atoms with E-state index in [2.05, 4.69) is 77.8 Å². The van der Waals surface area contributed by atoms with Gasteiger partial charge in [0.15, 0.2) is 0 Å². The maximum absolute atomic E-state index is 14.2. The lowest BCUT2D eigenvalue weighted by molar-refractivity contribution is -0.384. The van der Waals surface area contributed by atoms with Crippen LogP contribution in [0.4, 0.5) is 17.1 Å². The summed E-state index contributed by atoms with van der Waals surface area (Å²) < 4.78 is 48.1. The minimum absolute atomic E-state index is 0.0625. The molecule has 0 saturated carbocycles. The number of H-pyrrole nitrogens is 1. The fourth-order valence-corrected chi connectivity index (χ4v) is 13.5. The number of carbonyl (C=O) groups is 4. The van der Waals surface area contributed by atoms with Gasteiger partial charge in [-0.3, -0.25) is 39.5 Å². The molecule has 23 heteroatoms. The summed E-state index contributed by atoms with van der Waals surface area (Å²) in [6, 6.07) is 25.0. The van der Waals surface area contributed by atoms with Crippen LogP contribution in [0.1, 0.15) is 96.2 Å². The molecule has 3 saturated heterocycles. The Hall–Kier alpha value is -8.17. The maximum atomic E-state index is 14.2. The number of hydrogen-bond donors (Lipinski definition) is 4. The number of fused-ring (bicyclic) bond motifs is 2. The van der Waals surface area contributed by atoms with Crippen LogP contribution in [0.15, 0.2) is 114 Å². The first-order valence-corrected chi connectivity index (χ1v) is 31.7. The fraction of sp³-hybridized carbons (Fsp3) is 0.400. The summed E-state index contributed by atoms with van der Waals surface area (Å²) in [4.78, 5) is 78.8. The molecule has 3 fully saturated rings. The average molecular weight is 1240 g/mol. The van der Waals surface area contributed by atoms with Crippen LogP contribution in [0.2, 0.25) is 5.02 Å². The first kappa shape index (κ1) is 61.5. The minimum atomic E-state index is -4.64. The largest absolute Gasteiger partial charge is 0.455 e. The summed E-state index contributed by atoms with van der Waals surface area (Å²) in [7, 11) is -4.64. The number of ether oxygens (including phenoxy) is 3. The van der Waals surface area contributed by atoms with E-state index in [1.165, 1.54) is 46.0 Å². The van der Waals surface area contributed by atoms with E-state index in [4.69, 9.17) is 25.8 Å². The highest BCUT2D eigenvalue weighted by atomic mass is 35.5. The van der Waals surface area contributed by atoms with Crippen LogP contribution >= 0.6 is 11.6 Å². The topological polar surface area (TPSA) is 251 Å². The zero-order valence-electron chi connectivity index (χ0n) is 49.3. The quantitative estimate of drug-likeness (QED) is 0.0173. The van der Waals surface area contributed by atoms with Crippen molar-refractivity contribution in [3.63, 3.8) is 0 Å². The summed E-state index contributed by atoms with van der Waals surface area (Å²) in [5.41, 5.74) is 7.26. The molecule has 1 aliphatic carbocycles. The minimum Gasteiger partial charge on any atom is -0.455 e. The van der Waals surface area contributed by atoms with Gasteiger partial charge in [0.05, 0.1) is 41.4 Å². The summed E-state index contributed by atoms with van der Waals surface area (Å²) in [5, 5.41) is 19.5. The summed E-state index contributed by atoms with van der Waals surface area (Å²) in [6.07, 6.45) is 8.68. The van der Waals surface area contributed by atoms with Gasteiger partial charge in [-0.2, -0.15) is 0 Å². The number of nitrogens with one attached hydrogen (secondary N) is 4. The molecular weight excluding hydrogens is 1160 g/mol. The van der Waals surface area contributed by atoms with Crippen LogP contribution in [-0.2, 0) is 35.6 Å². The monoisotopic (exact) mass is 1230 g/mol. The Bertz CT molecular complexity index is 3850. The van der Waals surface area contributed by atoms with Gasteiger partial charge in [0, 0.05) is 111 Å². The highest BCUT2D eigenvalue weighted by molar-refractivity contribution is 7.90. The predicted octanol–water partition coefficient (Wildman–Crippen LogP) is 8.79. The Morgan fingerprint density at radius 1 is 0.920 bits per heavy atom. The third-order valence-electron chi connectivity index (χ3n) is 17.1. The molecule has 5 aliphatic rings. The van der Waals surface area contributed by atoms with E-state index < -0.39 is 43.4 Å². The molecule has 4 aliphatic heterocycles. The lowest BCUT2D eigenvalue weighted by Crippen LogP contribution is -2.52. The maximum Gasteiger partial charge on any atom is 0.293 e. The van der Waals surface area contributed by atoms with Gasteiger partial charge >= 0.3 is 0 Å². The van der Waals surface area contributed by atoms with Crippen LogP contribution in [0.3, 0.4) is 0 Å². The number of nitro groups is 1. The number of anilines is 2. The number of sulfonamides is 1. The number of pyridine rings is 1. The van der Waals surface area contributed by atoms with Gasteiger partial charge in [-0.15, -0.1) is 0 Å². The Labute approximate surface area is 516 Å². The second-order valence-corrected chi connectivity index (χ2v) is 25.9. The number of hydrogen-bond acceptors (Lipinski definition) is 16. The number of nitrogens with zero attached hydrogens (tertiary/aromatic N) is 6. The normalized spacial score (nSPS) is 19.1. The Balaban J connectivity index is 0.663. The molecule has 4 amide bonds. The number of piperidine rings is 2. The van der Waals surface area contributed by atoms with Gasteiger partial charge in [-0.05, 0) is 134 Å². The standard InChI is InChI=1S/C65H71ClN10O11S/c1-65(2)22-20-47(54(37-65)45-10-12-48(66)13-11-45)41-73-25-27-74(28-26-73)49-14-16-53(59(35-49)87-50-34-46-21-23-67-61(46)69-39-50)62(78)71-88(83,84)51-15-17-56(58(36-51)76(81)82)68-38-43-6-4-24-72(40-43)29-31-86-33-32-85-30-5-8-44-7-3-9-52-55(44)42-75(64(52)80)57-18-19-60(77)70-63(57)79/h3,7,9-17,21,23,34-36,39,43,57,68H,4,6,18-20,22,24-33,37-38,40-42H2,1-2H3,(H,67,69)(H,71,78)(H,70,77,79). The van der Waals surface area contributed by atoms with Gasteiger partial charge in [-0.1, -0.05) is 61.1 Å². The summed E-state index contributed by atoms with van der Waals surface area (Å²) in [6.45, 7) is 12.7. The third kappa shape index (κ3) is 14.7. The van der Waals surface area contributed by atoms with Crippen molar-refractivity contribution < 1.29 is 46.7 Å². The molecule has 460 valence electrons. The van der Waals surface area contributed by atoms with Gasteiger partial charge in [-0.25, -0.2) is 18.1 Å². The van der Waals surface area contributed by atoms with Gasteiger partial charge in [0.25, 0.3) is 27.5 Å². The smallest absolute Gasteiger partial charge is 0.293 e. The molecule has 0 radical (unpaired) electrons. The molecule has 2 aromatic heterocycles. The van der Waals surface area contributed by atoms with E-state index in [-0.39, 0.29) is 66.1 Å². The van der Waals surface area contributed by atoms with Crippen LogP contribution in [-0.4, -0.2) is 153 Å². The first-order valence-electron chi connectivity index (χ1n) is 29.9. The molecule has 6 heterocycles. The first-order chi connectivity index (χ1) is 42.4. The Morgan fingerprint density at radius 3 is 2.55 bits per heavy atom. The number of rotatable bonds is 21. The van der Waals surface area contributed by atoms with Crippen LogP contribution in [0.5, 0.6) is 11.5 Å². The molecule has 11 rings (SSSR count). The Kier molecular flexibility index (Phi) is 18.9. The van der Waals surface area contributed by atoms with Crippen LogP contribution in [0.25, 0.3) is 16.6 Å². The third-order valence-corrected chi connectivity index (χ3v) is 18.7. The number of imide groups is 1. The molecule has 2 atom stereocenters. The van der Waals surface area contributed by atoms with E-state index in [0.29, 0.717) is 73.5 Å². The van der Waals surface area contributed by atoms with Crippen molar-refractivity contribution in [2.75, 3.05) is 95.5 Å². The fourth-order valence-electron chi connectivity index (χ4n) is 12.3. The van der Waals surface area contributed by atoms with Crippen LogP contribution in [0, 0.1) is 33.3 Å². The van der Waals surface area contributed by atoms with Crippen molar-refractivity contribution >= 4 is 78.9 Å². The molecule has 4 N–H and O–H groups in total. The van der Waals surface area contributed by atoms with Crippen molar-refractivity contribution in [1.29, 1.82) is 0 Å². The van der Waals surface area contributed by atoms with Crippen molar-refractivity contribution in [1.82, 2.24) is 34.7 Å². The van der Waals surface area contributed by atoms with E-state index in [0.717, 1.165) is 87.5 Å². The number of nitro benzene ring substituents is 1. The zero-order valence-corrected chi connectivity index (χ0v) is 50.9. The molecule has 6 aromatic rings. The van der Waals surface area contributed by atoms with Crippen molar-refractivity contribution in [2.45, 2.75) is 76.3 Å². The molecule has 0 spiro atoms. The number of amides is 4. The SMILES string of the molecule is CC1(C)CCC(CN2CCN(c3ccc(C(=O)NS(=O)(=O)c4ccc(NCC5CCCN(CCOCCOCC#Cc6cccc7c6CN(C6CCC(=O)NC6=O)C7=O)C5)c([N+](=O)[O-])c4)c(Oc4cnc5[nH]ccc5c4)c3)CC2)=C(c2ccc(Cl)cc2)C1. The second kappa shape index (κ2) is 27.1. The number of benzene rings is 4. The van der Waals surface area contributed by atoms with Crippen molar-refractivity contribution in [2.24, 2.45) is 11.3 Å². The van der Waals surface area contributed by atoms with Gasteiger partial charge in [0.2, 0.25) is 11.8 Å². The number of piperazine rings is 1. The number of aromatic nitrogens is 2. The lowest BCUT2D eigenvalue weighted by atomic mass is 9.72. The van der Waals surface area contributed by atoms with Crippen molar-refractivity contribution in [3.05, 3.63) is 152 Å². The number of carbonyl (C=O) groups excluding carboxylic acids is 4. The highest BCUT2D eigenvalue weighted by Crippen LogP contribution is 2.44. The summed E-state index contributed by atoms with van der Waals surface area (Å²) in [5.74, 6) is 4.64. The highest BCUT2D eigenvalue weighted by Gasteiger charge is 2.40. The number of halogens is 1. The molecule has 4 aromatic carbocycles. The van der Waals surface area contributed by atoms with E-state index in [9.17, 15) is 37.7 Å². The van der Waals surface area contributed by atoms with Crippen molar-refractivity contribution in [3.8, 4) is 23.3 Å². The molecular formula is C65H71ClN10O11S. The van der Waals surface area contributed by atoms with E-state index in [1.807, 2.05) is 24.3 Å². The molecule has 88 heavy (non-hydrogen) atoms. The lowest BCUT2D eigenvalue weighted by Gasteiger charge is -2.39. The number of allylic oxidation sites excluding steroid dienone is 1. The van der Waals surface area contributed by atoms with Crippen LogP contribution < -0.4 is 25.0 Å². The zero-order chi connectivity index (χ0) is 61.5. The second-order valence-electron chi connectivity index (χ2n) is 23.8. The molecule has 0 bridgehead atoms. The van der Waals surface area contributed by atoms with Gasteiger partial charge < -0.3 is 39.2 Å². The molecule has 21 nitrogen and oxygen atoms in total. The number of likely N-dealkylation sites (tertiary alicyclic amines) is 1. The van der Waals surface area contributed by atoms with E-state index >= 15 is 0 Å². The van der Waals surface area contributed by atoms with E-state index in [1.54, 1.807) is 36.5 Å². The van der Waals surface area contributed by atoms with Gasteiger partial charge in [0.1, 0.15) is 35.5 Å². The summed E-state index contributed by atoms with van der Waals surface area (Å²) >= 11 is 6.27. The average Bonchev–Trinajstić information content (AvgIpc) is 1.80. The predicted molar refractivity (Wildman–Crippen MR) is 334 cm³/mol. The Morgan fingerprint density at radius 2 is 1.74 bits per heavy atom.